The minimum absolute atomic E-state index is 0.0203. The van der Waals surface area contributed by atoms with E-state index in [-0.39, 0.29) is 24.1 Å². The number of benzene rings is 1. The average Bonchev–Trinajstić information content (AvgIpc) is 3.12. The van der Waals surface area contributed by atoms with Gasteiger partial charge < -0.3 is 9.84 Å². The lowest BCUT2D eigenvalue weighted by Crippen LogP contribution is -2.26. The van der Waals surface area contributed by atoms with Crippen LogP contribution in [0.1, 0.15) is 54.1 Å². The summed E-state index contributed by atoms with van der Waals surface area (Å²) in [6.45, 7) is 1.19. The third-order valence-corrected chi connectivity index (χ3v) is 5.65. The van der Waals surface area contributed by atoms with E-state index in [4.69, 9.17) is 0 Å². The molecule has 0 spiro atoms. The highest BCUT2D eigenvalue weighted by atomic mass is 19.4. The number of halogens is 3. The van der Waals surface area contributed by atoms with Gasteiger partial charge >= 0.3 is 18.1 Å². The molecular formula is C19H20F3N3O6. The number of ether oxygens (including phenoxy) is 1. The van der Waals surface area contributed by atoms with Crippen molar-refractivity contribution in [1.29, 1.82) is 0 Å². The molecule has 0 atom stereocenters. The number of hydrogen-bond donors (Lipinski definition) is 1. The molecule has 0 saturated heterocycles. The number of nitro groups is 1. The molecule has 1 heterocycles. The van der Waals surface area contributed by atoms with Gasteiger partial charge in [-0.3, -0.25) is 14.8 Å². The Bertz CT molecular complexity index is 1030. The Kier molecular flexibility index (Phi) is 6.18. The maximum absolute atomic E-state index is 12.2. The number of carboxylic acid groups (broad SMARTS) is 1. The van der Waals surface area contributed by atoms with Crippen LogP contribution in [0.3, 0.4) is 0 Å². The second kappa shape index (κ2) is 8.52. The number of alkyl halides is 3. The van der Waals surface area contributed by atoms with Gasteiger partial charge in [0.2, 0.25) is 0 Å². The summed E-state index contributed by atoms with van der Waals surface area (Å²) in [4.78, 5) is 32.8. The Hall–Kier alpha value is -3.18. The number of carbonyl (C=O) groups is 2. The number of carbonyl (C=O) groups excluding carboxylic acids is 1. The third-order valence-electron chi connectivity index (χ3n) is 5.65. The molecule has 12 heteroatoms. The Morgan fingerprint density at radius 3 is 2.52 bits per heavy atom. The summed E-state index contributed by atoms with van der Waals surface area (Å²) in [6.07, 6.45) is -0.235. The zero-order valence-electron chi connectivity index (χ0n) is 16.5. The molecule has 0 unspecified atom stereocenters. The topological polar surface area (TPSA) is 125 Å². The number of aryl methyl sites for hydroxylation is 1. The predicted octanol–water partition coefficient (Wildman–Crippen LogP) is 4.18. The van der Waals surface area contributed by atoms with E-state index in [0.717, 1.165) is 0 Å². The molecule has 0 radical (unpaired) electrons. The fraction of sp³-hybridized carbons (Fsp3) is 0.526. The number of carboxylic acids is 1. The second-order valence-electron chi connectivity index (χ2n) is 7.60. The van der Waals surface area contributed by atoms with Crippen molar-refractivity contribution in [2.45, 2.75) is 51.2 Å². The molecule has 0 bridgehead atoms. The summed E-state index contributed by atoms with van der Waals surface area (Å²) in [5.41, 5.74) is -0.304. The molecular weight excluding hydrogens is 423 g/mol. The van der Waals surface area contributed by atoms with Gasteiger partial charge in [-0.15, -0.1) is 0 Å². The van der Waals surface area contributed by atoms with Crippen molar-refractivity contribution in [2.75, 3.05) is 6.61 Å². The number of aromatic carboxylic acids is 1. The smallest absolute Gasteiger partial charge is 0.477 e. The average molecular weight is 443 g/mol. The largest absolute Gasteiger partial charge is 0.490 e. The summed E-state index contributed by atoms with van der Waals surface area (Å²) in [6, 6.07) is 1.17. The highest BCUT2D eigenvalue weighted by molar-refractivity contribution is 6.00. The molecule has 3 rings (SSSR count). The lowest BCUT2D eigenvalue weighted by atomic mass is 9.84. The van der Waals surface area contributed by atoms with Crippen LogP contribution >= 0.6 is 0 Å². The number of nitrogens with zero attached hydrogens (tertiary/aromatic N) is 3. The highest BCUT2D eigenvalue weighted by Gasteiger charge is 2.41. The first kappa shape index (κ1) is 22.5. The standard InChI is InChI=1S/C19H20F3N3O6/c1-10-14-9-24(23-15(14)8-13(17(26)27)16(10)25(29)30)12-4-2-11(3-5-12)6-7-31-18(28)19(20,21)22/h8-9,11-12H,2-7H2,1H3,(H,26,27)/t11-,12-. The molecule has 1 aromatic heterocycles. The molecule has 1 N–H and O–H groups in total. The van der Waals surface area contributed by atoms with Crippen LogP contribution in [0.5, 0.6) is 0 Å². The van der Waals surface area contributed by atoms with Crippen LogP contribution in [0.25, 0.3) is 10.9 Å². The Morgan fingerprint density at radius 1 is 1.32 bits per heavy atom. The van der Waals surface area contributed by atoms with Gasteiger partial charge in [0.05, 0.1) is 23.1 Å². The number of rotatable bonds is 6. The summed E-state index contributed by atoms with van der Waals surface area (Å²) in [5.74, 6) is -3.48. The van der Waals surface area contributed by atoms with Gasteiger partial charge in [0.25, 0.3) is 5.69 Å². The van der Waals surface area contributed by atoms with E-state index in [9.17, 15) is 38.0 Å². The lowest BCUT2D eigenvalue weighted by molar-refractivity contribution is -0.385. The molecule has 1 aliphatic carbocycles. The van der Waals surface area contributed by atoms with E-state index in [2.05, 4.69) is 9.84 Å². The van der Waals surface area contributed by atoms with E-state index >= 15 is 0 Å². The number of esters is 1. The monoisotopic (exact) mass is 443 g/mol. The zero-order chi connectivity index (χ0) is 22.9. The molecule has 1 aromatic carbocycles. The van der Waals surface area contributed by atoms with Crippen LogP contribution in [0.2, 0.25) is 0 Å². The maximum Gasteiger partial charge on any atom is 0.490 e. The molecule has 9 nitrogen and oxygen atoms in total. The van der Waals surface area contributed by atoms with Crippen LogP contribution in [0.4, 0.5) is 18.9 Å². The summed E-state index contributed by atoms with van der Waals surface area (Å²) < 4.78 is 42.4. The fourth-order valence-electron chi connectivity index (χ4n) is 4.02. The SMILES string of the molecule is Cc1c([N+](=O)[O-])c(C(=O)O)cc2nn([C@H]3CC[C@H](CCOC(=O)C(F)(F)F)CC3)cc12. The Morgan fingerprint density at radius 2 is 1.97 bits per heavy atom. The maximum atomic E-state index is 12.2. The fourth-order valence-corrected chi connectivity index (χ4v) is 4.02. The van der Waals surface area contributed by atoms with Crippen LogP contribution in [0, 0.1) is 23.0 Å². The first-order valence-electron chi connectivity index (χ1n) is 9.63. The molecule has 1 fully saturated rings. The Labute approximate surface area is 173 Å². The van der Waals surface area contributed by atoms with Gasteiger partial charge in [0.1, 0.15) is 5.56 Å². The van der Waals surface area contributed by atoms with E-state index in [1.807, 2.05) is 0 Å². The van der Waals surface area contributed by atoms with Crippen LogP contribution in [-0.2, 0) is 9.53 Å². The van der Waals surface area contributed by atoms with Gasteiger partial charge in [-0.2, -0.15) is 18.3 Å². The van der Waals surface area contributed by atoms with Gasteiger partial charge in [-0.05, 0) is 51.0 Å². The van der Waals surface area contributed by atoms with Crippen molar-refractivity contribution in [3.05, 3.63) is 33.5 Å². The Balaban J connectivity index is 1.68. The molecule has 31 heavy (non-hydrogen) atoms. The van der Waals surface area contributed by atoms with E-state index in [0.29, 0.717) is 43.0 Å². The van der Waals surface area contributed by atoms with Gasteiger partial charge in [-0.25, -0.2) is 9.59 Å². The van der Waals surface area contributed by atoms with E-state index in [1.165, 1.54) is 13.0 Å². The summed E-state index contributed by atoms with van der Waals surface area (Å²) in [7, 11) is 0. The molecule has 2 aromatic rings. The number of fused-ring (bicyclic) bond motifs is 1. The molecule has 1 saturated carbocycles. The first-order valence-corrected chi connectivity index (χ1v) is 9.63. The predicted molar refractivity (Wildman–Crippen MR) is 101 cm³/mol. The van der Waals surface area contributed by atoms with Crippen molar-refractivity contribution < 1.29 is 37.5 Å². The minimum atomic E-state index is -4.99. The summed E-state index contributed by atoms with van der Waals surface area (Å²) in [5, 5.41) is 25.6. The highest BCUT2D eigenvalue weighted by Crippen LogP contribution is 2.36. The third kappa shape index (κ3) is 4.78. The van der Waals surface area contributed by atoms with Gasteiger partial charge in [0.15, 0.2) is 0 Å². The van der Waals surface area contributed by atoms with E-state index in [1.54, 1.807) is 10.9 Å². The molecule has 0 amide bonds. The van der Waals surface area contributed by atoms with Gasteiger partial charge in [0, 0.05) is 17.1 Å². The number of hydrogen-bond acceptors (Lipinski definition) is 6. The van der Waals surface area contributed by atoms with Crippen molar-refractivity contribution in [3.8, 4) is 0 Å². The zero-order valence-corrected chi connectivity index (χ0v) is 16.5. The van der Waals surface area contributed by atoms with Crippen LogP contribution in [-0.4, -0.2) is 44.5 Å². The lowest BCUT2D eigenvalue weighted by Gasteiger charge is -2.28. The van der Waals surface area contributed by atoms with Crippen LogP contribution in [0.15, 0.2) is 12.3 Å². The van der Waals surface area contributed by atoms with Gasteiger partial charge in [-0.1, -0.05) is 0 Å². The number of nitro benzene ring substituents is 1. The molecule has 1 aliphatic rings. The van der Waals surface area contributed by atoms with Crippen molar-refractivity contribution in [1.82, 2.24) is 9.78 Å². The minimum Gasteiger partial charge on any atom is -0.477 e. The second-order valence-corrected chi connectivity index (χ2v) is 7.60. The molecule has 0 aliphatic heterocycles. The van der Waals surface area contributed by atoms with E-state index < -0.39 is 34.3 Å². The normalized spacial score (nSPS) is 19.4. The van der Waals surface area contributed by atoms with Crippen LogP contribution < -0.4 is 0 Å². The summed E-state index contributed by atoms with van der Waals surface area (Å²) >= 11 is 0. The first-order chi connectivity index (χ1) is 14.5. The van der Waals surface area contributed by atoms with Crippen molar-refractivity contribution in [2.24, 2.45) is 5.92 Å². The molecule has 168 valence electrons. The number of aromatic nitrogens is 2. The quantitative estimate of drug-likeness (QED) is 0.403. The van der Waals surface area contributed by atoms with Crippen molar-refractivity contribution >= 4 is 28.5 Å². The van der Waals surface area contributed by atoms with Crippen molar-refractivity contribution in [3.63, 3.8) is 0 Å².